The van der Waals surface area contributed by atoms with Gasteiger partial charge in [0.25, 0.3) is 0 Å². The molecule has 4 heterocycles. The molecule has 0 saturated carbocycles. The van der Waals surface area contributed by atoms with E-state index in [0.717, 1.165) is 102 Å². The Balaban J connectivity index is 0.602. The average molecular weight is 1380 g/mol. The maximum atomic E-state index is 6.48. The minimum absolute atomic E-state index is 0.753. The summed E-state index contributed by atoms with van der Waals surface area (Å²) < 4.78 is 12.8. The number of benzene rings is 18. The third-order valence-electron chi connectivity index (χ3n) is 22.4. The lowest BCUT2D eigenvalue weighted by atomic mass is 9.89. The van der Waals surface area contributed by atoms with Gasteiger partial charge >= 0.3 is 0 Å². The highest BCUT2D eigenvalue weighted by atomic mass is 16.3. The van der Waals surface area contributed by atoms with Gasteiger partial charge in [0, 0.05) is 63.7 Å². The Morgan fingerprint density at radius 1 is 0.250 bits per heavy atom. The van der Waals surface area contributed by atoms with Gasteiger partial charge < -0.3 is 24.0 Å². The standard InChI is InChI=1S/C102H64N4O2/c1-4-18-79-69(15-1)57-90(84-23-9-7-21-82(79)84)63-31-40-73(41-32-63)105(77-49-52-97-96(61-77)102-99(107-97)28-14-54-104-102)74-42-37-66(38-43-74)93-59-71-17-3-6-20-81(71)95-56-68(39-50-88(93)95)67-29-30-72-60-92(86-25-11-12-26-87(86)94(72)55-67)65-35-46-76(47-36-65)106(78-48-51-89-100(62-78)108-98-27-13-53-103-101(89)98)75-44-33-64(34-45-75)91-58-70-16-2-5-19-80(70)83-22-8-10-24-85(83)91/h1-53,55-62,104H,54H2. The Labute approximate surface area is 622 Å². The topological polar surface area (TPSA) is 57.7 Å². The van der Waals surface area contributed by atoms with E-state index < -0.39 is 0 Å². The molecule has 108 heavy (non-hydrogen) atoms. The Hall–Kier alpha value is -14.3. The number of rotatable bonds is 11. The van der Waals surface area contributed by atoms with E-state index in [4.69, 9.17) is 13.8 Å². The number of hydrogen-bond donors (Lipinski definition) is 1. The van der Waals surface area contributed by atoms with Gasteiger partial charge in [0.15, 0.2) is 11.3 Å². The Morgan fingerprint density at radius 3 is 1.16 bits per heavy atom. The third-order valence-corrected chi connectivity index (χ3v) is 22.4. The van der Waals surface area contributed by atoms with Gasteiger partial charge in [-0.15, -0.1) is 0 Å². The molecule has 0 amide bonds. The highest BCUT2D eigenvalue weighted by Crippen LogP contribution is 2.48. The molecule has 6 nitrogen and oxygen atoms in total. The van der Waals surface area contributed by atoms with Crippen LogP contribution in [-0.2, 0) is 0 Å². The number of nitrogens with zero attached hydrogens (tertiary/aromatic N) is 3. The Morgan fingerprint density at radius 2 is 0.639 bits per heavy atom. The number of fused-ring (bicyclic) bond motifs is 18. The molecular formula is C102H64N4O2. The van der Waals surface area contributed by atoms with Crippen molar-refractivity contribution in [3.8, 4) is 55.6 Å². The van der Waals surface area contributed by atoms with Crippen molar-refractivity contribution < 1.29 is 8.83 Å². The molecular weight excluding hydrogens is 1310 g/mol. The first-order valence-corrected chi connectivity index (χ1v) is 37.0. The third kappa shape index (κ3) is 10.1. The average Bonchev–Trinajstić information content (AvgIpc) is 0.969. The van der Waals surface area contributed by atoms with Gasteiger partial charge in [-0.25, -0.2) is 0 Å². The molecule has 0 unspecified atom stereocenters. The molecule has 0 radical (unpaired) electrons. The van der Waals surface area contributed by atoms with Crippen LogP contribution in [-0.4, -0.2) is 11.5 Å². The number of nitrogens with one attached hydrogen (secondary N) is 1. The Bertz CT molecular complexity index is 7290. The zero-order valence-electron chi connectivity index (χ0n) is 58.6. The van der Waals surface area contributed by atoms with E-state index in [1.165, 1.54) is 125 Å². The normalized spacial score (nSPS) is 12.3. The van der Waals surface area contributed by atoms with Gasteiger partial charge in [-0.2, -0.15) is 0 Å². The van der Waals surface area contributed by atoms with Gasteiger partial charge in [-0.1, -0.05) is 224 Å². The van der Waals surface area contributed by atoms with Crippen molar-refractivity contribution >= 4 is 165 Å². The van der Waals surface area contributed by atoms with E-state index in [0.29, 0.717) is 0 Å². The van der Waals surface area contributed by atoms with Crippen molar-refractivity contribution in [1.82, 2.24) is 4.98 Å². The second-order valence-electron chi connectivity index (χ2n) is 28.5. The zero-order chi connectivity index (χ0) is 70.9. The van der Waals surface area contributed by atoms with Crippen LogP contribution in [0.2, 0.25) is 0 Å². The van der Waals surface area contributed by atoms with Gasteiger partial charge in [0.05, 0.1) is 5.69 Å². The van der Waals surface area contributed by atoms with Crippen molar-refractivity contribution in [2.75, 3.05) is 21.7 Å². The first-order valence-electron chi connectivity index (χ1n) is 37.0. The van der Waals surface area contributed by atoms with Crippen LogP contribution < -0.4 is 15.1 Å². The predicted molar refractivity (Wildman–Crippen MR) is 455 cm³/mol. The summed E-state index contributed by atoms with van der Waals surface area (Å²) in [5.74, 6) is 0.856. The fraction of sp³-hybridized carbons (Fsp3) is 0.00980. The quantitative estimate of drug-likeness (QED) is 0.130. The molecule has 504 valence electrons. The summed E-state index contributed by atoms with van der Waals surface area (Å²) in [7, 11) is 0. The lowest BCUT2D eigenvalue weighted by Gasteiger charge is -2.26. The van der Waals surface area contributed by atoms with Crippen LogP contribution in [0.1, 0.15) is 5.76 Å². The number of pyridine rings is 1. The van der Waals surface area contributed by atoms with Crippen LogP contribution in [0.25, 0.3) is 181 Å². The van der Waals surface area contributed by atoms with E-state index in [1.54, 1.807) is 0 Å². The number of hydrogen-bond acceptors (Lipinski definition) is 6. The zero-order valence-corrected chi connectivity index (χ0v) is 58.6. The summed E-state index contributed by atoms with van der Waals surface area (Å²) in [4.78, 5) is 9.39. The molecule has 18 aromatic carbocycles. The molecule has 0 saturated heterocycles. The molecule has 1 aliphatic rings. The van der Waals surface area contributed by atoms with Gasteiger partial charge in [-0.05, 0) is 275 Å². The second-order valence-corrected chi connectivity index (χ2v) is 28.5. The van der Waals surface area contributed by atoms with Crippen molar-refractivity contribution in [3.05, 3.63) is 370 Å². The summed E-state index contributed by atoms with van der Waals surface area (Å²) >= 11 is 0. The van der Waals surface area contributed by atoms with Crippen LogP contribution in [0.5, 0.6) is 0 Å². The first-order chi connectivity index (χ1) is 53.5. The van der Waals surface area contributed by atoms with Gasteiger partial charge in [-0.3, -0.25) is 4.98 Å². The number of furan rings is 2. The maximum absolute atomic E-state index is 6.48. The molecule has 0 fully saturated rings. The largest absolute Gasteiger partial charge is 0.454 e. The van der Waals surface area contributed by atoms with Crippen molar-refractivity contribution in [3.63, 3.8) is 0 Å². The lowest BCUT2D eigenvalue weighted by molar-refractivity contribution is 0.604. The van der Waals surface area contributed by atoms with E-state index in [9.17, 15) is 0 Å². The molecule has 22 rings (SSSR count). The molecule has 21 aromatic rings. The summed E-state index contributed by atoms with van der Waals surface area (Å²) in [5, 5.41) is 25.3. The predicted octanol–water partition coefficient (Wildman–Crippen LogP) is 28.7. The maximum Gasteiger partial charge on any atom is 0.153 e. The van der Waals surface area contributed by atoms with Crippen LogP contribution in [0.3, 0.4) is 0 Å². The van der Waals surface area contributed by atoms with E-state index in [1.807, 2.05) is 18.3 Å². The van der Waals surface area contributed by atoms with Gasteiger partial charge in [0.2, 0.25) is 0 Å². The minimum atomic E-state index is 0.753. The van der Waals surface area contributed by atoms with Crippen molar-refractivity contribution in [2.45, 2.75) is 0 Å². The molecule has 1 N–H and O–H groups in total. The molecule has 1 aliphatic heterocycles. The van der Waals surface area contributed by atoms with Crippen LogP contribution in [0.4, 0.5) is 39.8 Å². The van der Waals surface area contributed by atoms with Crippen molar-refractivity contribution in [2.24, 2.45) is 0 Å². The molecule has 0 spiro atoms. The SMILES string of the molecule is C1=Cc2oc3ccc(N(c4ccc(-c5cc6ccccc6c6ccccc56)cc4)c4ccc(-c5cc6ccccc6c6cc(-c7ccc8cc(-c9ccc(N(c%10ccc(-c%11cc%12ccccc%12c%12ccccc%11%12)cc%10)c%10ccc%11c(c%10)oc%10cccnc%10%11)cc9)c9ccccc9c8c7)ccc56)cc4)cc3c2NC1. The summed E-state index contributed by atoms with van der Waals surface area (Å²) in [5.41, 5.74) is 22.2. The summed E-state index contributed by atoms with van der Waals surface area (Å²) in [6.45, 7) is 0.753. The monoisotopic (exact) mass is 1380 g/mol. The molecule has 0 bridgehead atoms. The first kappa shape index (κ1) is 61.2. The highest BCUT2D eigenvalue weighted by molar-refractivity contribution is 6.19. The Kier molecular flexibility index (Phi) is 14.0. The minimum Gasteiger partial charge on any atom is -0.454 e. The van der Waals surface area contributed by atoms with Crippen LogP contribution in [0.15, 0.2) is 373 Å². The van der Waals surface area contributed by atoms with Gasteiger partial charge in [0.1, 0.15) is 16.7 Å². The molecule has 3 aromatic heterocycles. The molecule has 0 atom stereocenters. The lowest BCUT2D eigenvalue weighted by Crippen LogP contribution is -2.10. The van der Waals surface area contributed by atoms with E-state index in [2.05, 4.69) is 367 Å². The second kappa shape index (κ2) is 24.7. The molecule has 0 aliphatic carbocycles. The van der Waals surface area contributed by atoms with E-state index in [-0.39, 0.29) is 0 Å². The molecule has 6 heteroatoms. The van der Waals surface area contributed by atoms with Crippen LogP contribution in [0, 0.1) is 0 Å². The fourth-order valence-electron chi connectivity index (χ4n) is 17.3. The number of aromatic nitrogens is 1. The van der Waals surface area contributed by atoms with Crippen molar-refractivity contribution in [1.29, 1.82) is 0 Å². The van der Waals surface area contributed by atoms with E-state index >= 15 is 0 Å². The summed E-state index contributed by atoms with van der Waals surface area (Å²) in [6.07, 6.45) is 6.00. The summed E-state index contributed by atoms with van der Waals surface area (Å²) in [6, 6.07) is 129. The van der Waals surface area contributed by atoms with Crippen LogP contribution >= 0.6 is 0 Å². The number of anilines is 7. The smallest absolute Gasteiger partial charge is 0.153 e. The highest BCUT2D eigenvalue weighted by Gasteiger charge is 2.23. The fourth-order valence-corrected chi connectivity index (χ4v) is 17.3.